The van der Waals surface area contributed by atoms with Crippen LogP contribution in [-0.4, -0.2) is 62.5 Å². The smallest absolute Gasteiger partial charge is 0.507 e. The van der Waals surface area contributed by atoms with E-state index in [1.165, 1.54) is 0 Å². The van der Waals surface area contributed by atoms with Crippen molar-refractivity contribution in [3.05, 3.63) is 131 Å². The van der Waals surface area contributed by atoms with Gasteiger partial charge in [0.15, 0.2) is 0 Å². The van der Waals surface area contributed by atoms with Crippen LogP contribution in [-0.2, 0) is 34.0 Å². The molecule has 5 aromatic rings. The highest BCUT2D eigenvalue weighted by Gasteiger charge is 2.36. The molecule has 272 valence electrons. The molecule has 10 nitrogen and oxygen atoms in total. The second-order valence-electron chi connectivity index (χ2n) is 12.7. The Morgan fingerprint density at radius 3 is 2.40 bits per heavy atom. The van der Waals surface area contributed by atoms with Gasteiger partial charge in [0.25, 0.3) is 0 Å². The average Bonchev–Trinajstić information content (AvgIpc) is 3.18. The molecule has 0 radical (unpaired) electrons. The molecule has 1 heterocycles. The van der Waals surface area contributed by atoms with E-state index in [1.54, 1.807) is 37.4 Å². The number of benzene rings is 5. The van der Waals surface area contributed by atoms with Crippen LogP contribution in [0.15, 0.2) is 109 Å². The monoisotopic (exact) mass is 707 g/mol. The Kier molecular flexibility index (Phi) is 13.0. The lowest BCUT2D eigenvalue weighted by Gasteiger charge is -2.38. The van der Waals surface area contributed by atoms with E-state index in [-0.39, 0.29) is 36.9 Å². The maximum atomic E-state index is 12.7. The third kappa shape index (κ3) is 9.80. The zero-order valence-corrected chi connectivity index (χ0v) is 29.2. The summed E-state index contributed by atoms with van der Waals surface area (Å²) in [6, 6.07) is 33.9. The van der Waals surface area contributed by atoms with Gasteiger partial charge in [0.1, 0.15) is 23.0 Å². The third-order valence-electron chi connectivity index (χ3n) is 9.16. The predicted molar refractivity (Wildman–Crippen MR) is 197 cm³/mol. The van der Waals surface area contributed by atoms with Crippen molar-refractivity contribution < 1.29 is 43.4 Å². The summed E-state index contributed by atoms with van der Waals surface area (Å²) in [7, 11) is 1.65. The van der Waals surface area contributed by atoms with Gasteiger partial charge in [0, 0.05) is 42.3 Å². The minimum Gasteiger partial charge on any atom is -0.507 e. The molecule has 1 fully saturated rings. The van der Waals surface area contributed by atoms with Crippen LogP contribution in [0.3, 0.4) is 0 Å². The van der Waals surface area contributed by atoms with Crippen molar-refractivity contribution in [3.8, 4) is 23.0 Å². The van der Waals surface area contributed by atoms with Gasteiger partial charge in [0.05, 0.1) is 52.9 Å². The van der Waals surface area contributed by atoms with Crippen molar-refractivity contribution in [2.75, 3.05) is 40.0 Å². The van der Waals surface area contributed by atoms with Crippen LogP contribution in [0.5, 0.6) is 23.0 Å². The normalized spacial score (nSPS) is 17.1. The number of phenols is 1. The maximum absolute atomic E-state index is 12.7. The summed E-state index contributed by atoms with van der Waals surface area (Å²) in [6.45, 7) is 3.03. The van der Waals surface area contributed by atoms with Gasteiger partial charge in [-0.1, -0.05) is 66.7 Å². The molecule has 3 atom stereocenters. The Labute approximate surface area is 303 Å². The van der Waals surface area contributed by atoms with Crippen LogP contribution in [0.1, 0.15) is 34.6 Å². The molecule has 1 aliphatic rings. The zero-order valence-electron chi connectivity index (χ0n) is 29.2. The topological polar surface area (TPSA) is 125 Å². The molecule has 1 aliphatic heterocycles. The van der Waals surface area contributed by atoms with Crippen molar-refractivity contribution in [1.82, 2.24) is 5.32 Å². The van der Waals surface area contributed by atoms with Crippen LogP contribution in [0.25, 0.3) is 10.8 Å². The van der Waals surface area contributed by atoms with Crippen molar-refractivity contribution in [2.24, 2.45) is 5.92 Å². The fraction of sp³-hybridized carbons (Fsp3) is 0.310. The molecule has 52 heavy (non-hydrogen) atoms. The first kappa shape index (κ1) is 36.7. The number of phenolic OH excluding ortho intramolecular Hbond substituents is 1. The van der Waals surface area contributed by atoms with Gasteiger partial charge in [-0.05, 0) is 64.5 Å². The second kappa shape index (κ2) is 18.4. The van der Waals surface area contributed by atoms with Gasteiger partial charge < -0.3 is 44.0 Å². The number of aliphatic hydroxyl groups is 1. The molecule has 1 saturated heterocycles. The molecule has 3 unspecified atom stereocenters. The molecule has 6 rings (SSSR count). The summed E-state index contributed by atoms with van der Waals surface area (Å²) < 4.78 is 34.8. The van der Waals surface area contributed by atoms with Crippen LogP contribution in [0, 0.1) is 5.92 Å². The quantitative estimate of drug-likeness (QED) is 0.0554. The van der Waals surface area contributed by atoms with Crippen molar-refractivity contribution in [1.29, 1.82) is 0 Å². The molecule has 3 N–H and O–H groups in total. The van der Waals surface area contributed by atoms with Gasteiger partial charge in [-0.3, -0.25) is 0 Å². The Hall–Kier alpha value is -5.13. The number of piperidine rings is 1. The van der Waals surface area contributed by atoms with Crippen LogP contribution < -0.4 is 19.5 Å². The number of carbonyl (C=O) groups excluding carboxylic acids is 1. The third-order valence-corrected chi connectivity index (χ3v) is 9.16. The molecule has 0 spiro atoms. The summed E-state index contributed by atoms with van der Waals surface area (Å²) in [5, 5.41) is 25.1. The molecule has 0 saturated carbocycles. The van der Waals surface area contributed by atoms with Crippen LogP contribution in [0.2, 0.25) is 0 Å². The summed E-state index contributed by atoms with van der Waals surface area (Å²) in [4.78, 5) is 12.7. The van der Waals surface area contributed by atoms with E-state index >= 15 is 0 Å². The highest BCUT2D eigenvalue weighted by molar-refractivity contribution is 5.88. The lowest BCUT2D eigenvalue weighted by molar-refractivity contribution is -0.0198. The minimum absolute atomic E-state index is 0.0976. The Morgan fingerprint density at radius 1 is 0.827 bits per heavy atom. The first-order chi connectivity index (χ1) is 25.5. The number of ether oxygens (including phenoxy) is 6. The number of aromatic hydroxyl groups is 1. The van der Waals surface area contributed by atoms with Crippen molar-refractivity contribution >= 4 is 16.9 Å². The van der Waals surface area contributed by atoms with E-state index in [1.807, 2.05) is 78.9 Å². The Morgan fingerprint density at radius 2 is 1.60 bits per heavy atom. The minimum atomic E-state index is -0.805. The number of fused-ring (bicyclic) bond motifs is 1. The first-order valence-corrected chi connectivity index (χ1v) is 17.5. The van der Waals surface area contributed by atoms with Crippen molar-refractivity contribution in [2.45, 2.75) is 38.3 Å². The molecule has 5 aromatic carbocycles. The SMILES string of the molecule is COc1ccccc1COCCCOc1ccc(C2C(COC(=O)Oc3ccc(CO)cc3)CNCC2OCc2cc(O)c3ccccc3c2)cc1. The molecular weight excluding hydrogens is 662 g/mol. The molecular formula is C42H45NO9. The number of aliphatic hydroxyl groups excluding tert-OH is 1. The zero-order chi connectivity index (χ0) is 36.1. The number of para-hydroxylation sites is 1. The highest BCUT2D eigenvalue weighted by atomic mass is 16.7. The molecule has 10 heteroatoms. The number of nitrogens with one attached hydrogen (secondary N) is 1. The standard InChI is InChI=1S/C42H45NO9/c1-47-39-10-5-3-8-33(39)27-48-19-6-20-49-35-17-13-31(14-18-35)41-34(28-51-42(46)52-36-15-11-29(25-44)12-16-36)23-43-24-40(41)50-26-30-21-32-7-2-4-9-37(32)38(45)22-30/h2-5,7-18,21-22,34,40-41,43-45H,6,19-20,23-28H2,1H3. The number of hydrogen-bond acceptors (Lipinski definition) is 10. The van der Waals surface area contributed by atoms with E-state index < -0.39 is 6.16 Å². The summed E-state index contributed by atoms with van der Waals surface area (Å²) in [6.07, 6.45) is -0.335. The van der Waals surface area contributed by atoms with Gasteiger partial charge >= 0.3 is 6.16 Å². The van der Waals surface area contributed by atoms with Gasteiger partial charge in [-0.2, -0.15) is 0 Å². The average molecular weight is 708 g/mol. The van der Waals surface area contributed by atoms with E-state index in [2.05, 4.69) is 5.32 Å². The lowest BCUT2D eigenvalue weighted by atomic mass is 9.79. The summed E-state index contributed by atoms with van der Waals surface area (Å²) in [5.41, 5.74) is 3.61. The van der Waals surface area contributed by atoms with Crippen molar-refractivity contribution in [3.63, 3.8) is 0 Å². The summed E-state index contributed by atoms with van der Waals surface area (Å²) in [5.74, 6) is 1.86. The number of hydrogen-bond donors (Lipinski definition) is 3. The number of rotatable bonds is 16. The fourth-order valence-electron chi connectivity index (χ4n) is 6.52. The Bertz CT molecular complexity index is 1880. The van der Waals surface area contributed by atoms with Gasteiger partial charge in [0.2, 0.25) is 0 Å². The van der Waals surface area contributed by atoms with Gasteiger partial charge in [-0.15, -0.1) is 0 Å². The predicted octanol–water partition coefficient (Wildman–Crippen LogP) is 7.14. The molecule has 0 amide bonds. The lowest BCUT2D eigenvalue weighted by Crippen LogP contribution is -2.48. The van der Waals surface area contributed by atoms with Crippen LogP contribution in [0.4, 0.5) is 4.79 Å². The molecule has 0 aromatic heterocycles. The van der Waals surface area contributed by atoms with Gasteiger partial charge in [-0.25, -0.2) is 4.79 Å². The summed E-state index contributed by atoms with van der Waals surface area (Å²) >= 11 is 0. The maximum Gasteiger partial charge on any atom is 0.513 e. The number of methoxy groups -OCH3 is 1. The van der Waals surface area contributed by atoms with E-state index in [9.17, 15) is 15.0 Å². The fourth-order valence-corrected chi connectivity index (χ4v) is 6.52. The van der Waals surface area contributed by atoms with E-state index in [0.717, 1.165) is 45.4 Å². The van der Waals surface area contributed by atoms with E-state index in [4.69, 9.17) is 28.4 Å². The first-order valence-electron chi connectivity index (χ1n) is 17.5. The second-order valence-corrected chi connectivity index (χ2v) is 12.7. The number of carbonyl (C=O) groups is 1. The molecule has 0 aliphatic carbocycles. The Balaban J connectivity index is 1.09. The van der Waals surface area contributed by atoms with E-state index in [0.29, 0.717) is 50.8 Å². The van der Waals surface area contributed by atoms with Crippen LogP contribution >= 0.6 is 0 Å². The highest BCUT2D eigenvalue weighted by Crippen LogP contribution is 2.35. The molecule has 0 bridgehead atoms. The largest absolute Gasteiger partial charge is 0.513 e.